The number of hydrogen-bond acceptors (Lipinski definition) is 2. The zero-order valence-corrected chi connectivity index (χ0v) is 14.6. The molecule has 1 aromatic carbocycles. The van der Waals surface area contributed by atoms with E-state index >= 15 is 0 Å². The molecule has 1 aliphatic heterocycles. The van der Waals surface area contributed by atoms with E-state index < -0.39 is 11.7 Å². The highest BCUT2D eigenvalue weighted by Crippen LogP contribution is 2.37. The van der Waals surface area contributed by atoms with Gasteiger partial charge in [-0.3, -0.25) is 4.90 Å². The molecule has 1 heterocycles. The molecular formula is C18H23ClF3NO. The predicted molar refractivity (Wildman–Crippen MR) is 91.2 cm³/mol. The van der Waals surface area contributed by atoms with Crippen LogP contribution in [0.4, 0.5) is 13.2 Å². The van der Waals surface area contributed by atoms with Crippen molar-refractivity contribution in [3.8, 4) is 0 Å². The lowest BCUT2D eigenvalue weighted by Gasteiger charge is -2.26. The molecule has 0 fully saturated rings. The summed E-state index contributed by atoms with van der Waals surface area (Å²) in [5.41, 5.74) is 0.811. The number of nitrogens with zero attached hydrogens (tertiary/aromatic N) is 1. The molecule has 24 heavy (non-hydrogen) atoms. The van der Waals surface area contributed by atoms with Crippen molar-refractivity contribution < 1.29 is 17.9 Å². The minimum atomic E-state index is -4.42. The van der Waals surface area contributed by atoms with Gasteiger partial charge in [0.05, 0.1) is 10.6 Å². The van der Waals surface area contributed by atoms with Crippen LogP contribution < -0.4 is 0 Å². The summed E-state index contributed by atoms with van der Waals surface area (Å²) in [6.07, 6.45) is 0.462. The number of unbranched alkanes of at least 4 members (excludes halogenated alkanes) is 1. The van der Waals surface area contributed by atoms with Crippen LogP contribution in [0.25, 0.3) is 5.57 Å². The molecule has 2 nitrogen and oxygen atoms in total. The van der Waals surface area contributed by atoms with Crippen molar-refractivity contribution in [1.82, 2.24) is 4.90 Å². The number of hydrogen-bond donors (Lipinski definition) is 0. The molecular weight excluding hydrogens is 339 g/mol. The Balaban J connectivity index is 1.93. The summed E-state index contributed by atoms with van der Waals surface area (Å²) in [7, 11) is 0. The summed E-state index contributed by atoms with van der Waals surface area (Å²) in [5.74, 6) is 0. The second-order valence-corrected chi connectivity index (χ2v) is 6.28. The normalized spacial score (nSPS) is 16.3. The van der Waals surface area contributed by atoms with E-state index in [1.54, 1.807) is 6.07 Å². The third-order valence-corrected chi connectivity index (χ3v) is 4.48. The maximum Gasteiger partial charge on any atom is 0.417 e. The molecule has 0 atom stereocenters. The summed E-state index contributed by atoms with van der Waals surface area (Å²) in [6.45, 7) is 6.15. The molecule has 0 aromatic heterocycles. The minimum absolute atomic E-state index is 0.251. The smallest absolute Gasteiger partial charge is 0.382 e. The zero-order valence-electron chi connectivity index (χ0n) is 13.8. The number of alkyl halides is 3. The van der Waals surface area contributed by atoms with Gasteiger partial charge in [0.25, 0.3) is 0 Å². The minimum Gasteiger partial charge on any atom is -0.382 e. The Morgan fingerprint density at radius 1 is 1.25 bits per heavy atom. The van der Waals surface area contributed by atoms with E-state index in [0.29, 0.717) is 5.56 Å². The van der Waals surface area contributed by atoms with Crippen molar-refractivity contribution in [2.45, 2.75) is 32.4 Å². The highest BCUT2D eigenvalue weighted by Gasteiger charge is 2.33. The van der Waals surface area contributed by atoms with Crippen LogP contribution in [0.2, 0.25) is 5.02 Å². The van der Waals surface area contributed by atoms with E-state index in [0.717, 1.165) is 63.7 Å². The zero-order chi connectivity index (χ0) is 17.6. The largest absolute Gasteiger partial charge is 0.417 e. The van der Waals surface area contributed by atoms with E-state index in [1.165, 1.54) is 6.07 Å². The number of halogens is 4. The van der Waals surface area contributed by atoms with Gasteiger partial charge in [-0.05, 0) is 56.0 Å². The van der Waals surface area contributed by atoms with Crippen molar-refractivity contribution in [3.63, 3.8) is 0 Å². The Morgan fingerprint density at radius 2 is 2.04 bits per heavy atom. The van der Waals surface area contributed by atoms with Gasteiger partial charge in [-0.15, -0.1) is 0 Å². The van der Waals surface area contributed by atoms with Gasteiger partial charge < -0.3 is 4.74 Å². The first-order chi connectivity index (χ1) is 11.4. The lowest BCUT2D eigenvalue weighted by molar-refractivity contribution is -0.137. The molecule has 134 valence electrons. The van der Waals surface area contributed by atoms with E-state index in [2.05, 4.69) is 4.90 Å². The Labute approximate surface area is 146 Å². The van der Waals surface area contributed by atoms with Crippen LogP contribution in [0.1, 0.15) is 37.3 Å². The van der Waals surface area contributed by atoms with Gasteiger partial charge in [0.1, 0.15) is 0 Å². The number of rotatable bonds is 7. The van der Waals surface area contributed by atoms with Gasteiger partial charge in [-0.2, -0.15) is 13.2 Å². The van der Waals surface area contributed by atoms with Gasteiger partial charge in [0, 0.05) is 26.3 Å². The van der Waals surface area contributed by atoms with E-state index in [-0.39, 0.29) is 5.02 Å². The summed E-state index contributed by atoms with van der Waals surface area (Å²) < 4.78 is 44.2. The van der Waals surface area contributed by atoms with E-state index in [1.807, 2.05) is 13.0 Å². The molecule has 6 heteroatoms. The molecule has 0 saturated heterocycles. The highest BCUT2D eigenvalue weighted by molar-refractivity contribution is 6.31. The van der Waals surface area contributed by atoms with Crippen LogP contribution >= 0.6 is 11.6 Å². The molecule has 0 saturated carbocycles. The fourth-order valence-electron chi connectivity index (χ4n) is 2.80. The first-order valence-corrected chi connectivity index (χ1v) is 8.66. The molecule has 0 spiro atoms. The van der Waals surface area contributed by atoms with Crippen molar-refractivity contribution in [1.29, 1.82) is 0 Å². The van der Waals surface area contributed by atoms with E-state index in [9.17, 15) is 13.2 Å². The Kier molecular flexibility index (Phi) is 7.14. The van der Waals surface area contributed by atoms with Crippen LogP contribution in [-0.4, -0.2) is 37.7 Å². The number of ether oxygens (including phenoxy) is 1. The summed E-state index contributed by atoms with van der Waals surface area (Å²) >= 11 is 5.68. The quantitative estimate of drug-likeness (QED) is 0.614. The van der Waals surface area contributed by atoms with Gasteiger partial charge in [-0.25, -0.2) is 0 Å². The van der Waals surface area contributed by atoms with Crippen LogP contribution in [0.3, 0.4) is 0 Å². The molecule has 0 radical (unpaired) electrons. The maximum atomic E-state index is 13.0. The Morgan fingerprint density at radius 3 is 2.67 bits per heavy atom. The lowest BCUT2D eigenvalue weighted by Crippen LogP contribution is -2.29. The topological polar surface area (TPSA) is 12.5 Å². The van der Waals surface area contributed by atoms with Crippen molar-refractivity contribution in [2.75, 3.05) is 32.8 Å². The third-order valence-electron chi connectivity index (χ3n) is 4.15. The monoisotopic (exact) mass is 361 g/mol. The van der Waals surface area contributed by atoms with Crippen LogP contribution in [0.15, 0.2) is 24.3 Å². The van der Waals surface area contributed by atoms with Gasteiger partial charge in [0.2, 0.25) is 0 Å². The second kappa shape index (κ2) is 8.88. The third kappa shape index (κ3) is 5.50. The van der Waals surface area contributed by atoms with Crippen LogP contribution in [0, 0.1) is 0 Å². The van der Waals surface area contributed by atoms with Gasteiger partial charge in [0.15, 0.2) is 0 Å². The molecule has 0 bridgehead atoms. The molecule has 0 N–H and O–H groups in total. The molecule has 2 rings (SSSR count). The highest BCUT2D eigenvalue weighted by atomic mass is 35.5. The molecule has 0 aliphatic carbocycles. The Bertz CT molecular complexity index is 572. The van der Waals surface area contributed by atoms with Crippen molar-refractivity contribution >= 4 is 17.2 Å². The molecule has 0 amide bonds. The standard InChI is InChI=1S/C18H23ClF3NO/c1-2-24-12-4-3-9-23-10-7-14(8-11-23)15-5-6-17(19)16(13-15)18(20,21)22/h5-7,13H,2-4,8-12H2,1H3. The number of benzene rings is 1. The summed E-state index contributed by atoms with van der Waals surface area (Å²) in [4.78, 5) is 2.32. The van der Waals surface area contributed by atoms with Crippen LogP contribution in [-0.2, 0) is 10.9 Å². The first-order valence-electron chi connectivity index (χ1n) is 8.28. The fourth-order valence-corrected chi connectivity index (χ4v) is 3.03. The summed E-state index contributed by atoms with van der Waals surface area (Å²) in [6, 6.07) is 4.16. The maximum absolute atomic E-state index is 13.0. The van der Waals surface area contributed by atoms with E-state index in [4.69, 9.17) is 16.3 Å². The predicted octanol–water partition coefficient (Wildman–Crippen LogP) is 5.26. The summed E-state index contributed by atoms with van der Waals surface area (Å²) in [5, 5.41) is -0.251. The average Bonchev–Trinajstić information content (AvgIpc) is 2.55. The van der Waals surface area contributed by atoms with Gasteiger partial charge >= 0.3 is 6.18 Å². The molecule has 0 unspecified atom stereocenters. The fraction of sp³-hybridized carbons (Fsp3) is 0.556. The van der Waals surface area contributed by atoms with Crippen LogP contribution in [0.5, 0.6) is 0 Å². The average molecular weight is 362 g/mol. The SMILES string of the molecule is CCOCCCCN1CC=C(c2ccc(Cl)c(C(F)(F)F)c2)CC1. The van der Waals surface area contributed by atoms with Crippen molar-refractivity contribution in [2.24, 2.45) is 0 Å². The molecule has 1 aliphatic rings. The first kappa shape index (κ1) is 19.3. The Hall–Kier alpha value is -1.04. The van der Waals surface area contributed by atoms with Gasteiger partial charge in [-0.1, -0.05) is 23.7 Å². The van der Waals surface area contributed by atoms with Crippen molar-refractivity contribution in [3.05, 3.63) is 40.4 Å². The lowest BCUT2D eigenvalue weighted by atomic mass is 9.97. The molecule has 1 aromatic rings. The second-order valence-electron chi connectivity index (χ2n) is 5.88.